The smallest absolute Gasteiger partial charge is 0.230 e. The molecule has 2 rings (SSSR count). The Morgan fingerprint density at radius 3 is 2.48 bits per heavy atom. The Balaban J connectivity index is 1.79. The molecule has 0 spiro atoms. The lowest BCUT2D eigenvalue weighted by Gasteiger charge is -2.11. The van der Waals surface area contributed by atoms with E-state index in [4.69, 9.17) is 4.74 Å². The highest BCUT2D eigenvalue weighted by Gasteiger charge is 2.06. The van der Waals surface area contributed by atoms with Crippen molar-refractivity contribution >= 4 is 17.7 Å². The number of carbonyl (C=O) groups excluding carboxylic acids is 1. The molecule has 0 saturated heterocycles. The van der Waals surface area contributed by atoms with Crippen molar-refractivity contribution in [2.75, 3.05) is 12.4 Å². The summed E-state index contributed by atoms with van der Waals surface area (Å²) in [5, 5.41) is 2.98. The van der Waals surface area contributed by atoms with Gasteiger partial charge in [-0.25, -0.2) is 0 Å². The van der Waals surface area contributed by atoms with Crippen molar-refractivity contribution in [2.24, 2.45) is 0 Å². The summed E-state index contributed by atoms with van der Waals surface area (Å²) in [6, 6.07) is 18.0. The molecule has 3 nitrogen and oxygen atoms in total. The van der Waals surface area contributed by atoms with Crippen LogP contribution in [0.1, 0.15) is 24.5 Å². The van der Waals surface area contributed by atoms with E-state index >= 15 is 0 Å². The van der Waals surface area contributed by atoms with Crippen LogP contribution in [0.2, 0.25) is 0 Å². The van der Waals surface area contributed by atoms with Crippen molar-refractivity contribution in [3.05, 3.63) is 65.7 Å². The minimum Gasteiger partial charge on any atom is -0.377 e. The van der Waals surface area contributed by atoms with Gasteiger partial charge in [-0.1, -0.05) is 49.4 Å². The first-order valence-electron chi connectivity index (χ1n) is 7.88. The summed E-state index contributed by atoms with van der Waals surface area (Å²) in [6.45, 7) is 3.99. The SMILES string of the molecule is CCCOCc1ccccc1CNC(=O)CSc1ccccc1. The van der Waals surface area contributed by atoms with Gasteiger partial charge in [0.15, 0.2) is 0 Å². The molecule has 1 amide bonds. The molecule has 1 N–H and O–H groups in total. The van der Waals surface area contributed by atoms with Crippen molar-refractivity contribution in [3.8, 4) is 0 Å². The first-order valence-corrected chi connectivity index (χ1v) is 8.87. The van der Waals surface area contributed by atoms with Crippen molar-refractivity contribution < 1.29 is 9.53 Å². The van der Waals surface area contributed by atoms with E-state index < -0.39 is 0 Å². The van der Waals surface area contributed by atoms with Crippen molar-refractivity contribution in [1.29, 1.82) is 0 Å². The third-order valence-corrected chi connectivity index (χ3v) is 4.33. The lowest BCUT2D eigenvalue weighted by molar-refractivity contribution is -0.118. The maximum absolute atomic E-state index is 12.0. The van der Waals surface area contributed by atoms with E-state index in [1.165, 1.54) is 0 Å². The summed E-state index contributed by atoms with van der Waals surface area (Å²) in [7, 11) is 0. The Bertz CT molecular complexity index is 601. The second kappa shape index (κ2) is 10.1. The number of thioether (sulfide) groups is 1. The molecular weight excluding hydrogens is 306 g/mol. The molecule has 0 radical (unpaired) electrons. The van der Waals surface area contributed by atoms with Crippen molar-refractivity contribution in [1.82, 2.24) is 5.32 Å². The molecule has 0 aliphatic rings. The molecule has 0 aromatic heterocycles. The zero-order chi connectivity index (χ0) is 16.3. The topological polar surface area (TPSA) is 38.3 Å². The molecule has 0 unspecified atom stereocenters. The van der Waals surface area contributed by atoms with Crippen LogP contribution in [0.25, 0.3) is 0 Å². The van der Waals surface area contributed by atoms with E-state index in [1.54, 1.807) is 11.8 Å². The lowest BCUT2D eigenvalue weighted by atomic mass is 10.1. The minimum atomic E-state index is 0.0446. The predicted molar refractivity (Wildman–Crippen MR) is 95.4 cm³/mol. The van der Waals surface area contributed by atoms with Gasteiger partial charge in [0.25, 0.3) is 0 Å². The normalized spacial score (nSPS) is 10.5. The number of benzene rings is 2. The largest absolute Gasteiger partial charge is 0.377 e. The third kappa shape index (κ3) is 6.47. The second-order valence-electron chi connectivity index (χ2n) is 5.20. The van der Waals surface area contributed by atoms with Gasteiger partial charge in [-0.15, -0.1) is 11.8 Å². The van der Waals surface area contributed by atoms with E-state index in [2.05, 4.69) is 18.3 Å². The molecule has 23 heavy (non-hydrogen) atoms. The van der Waals surface area contributed by atoms with Crippen molar-refractivity contribution in [3.63, 3.8) is 0 Å². The zero-order valence-electron chi connectivity index (χ0n) is 13.5. The maximum Gasteiger partial charge on any atom is 0.230 e. The number of ether oxygens (including phenoxy) is 1. The molecule has 0 saturated carbocycles. The highest BCUT2D eigenvalue weighted by atomic mass is 32.2. The number of hydrogen-bond donors (Lipinski definition) is 1. The van der Waals surface area contributed by atoms with Crippen LogP contribution >= 0.6 is 11.8 Å². The summed E-state index contributed by atoms with van der Waals surface area (Å²) >= 11 is 1.55. The standard InChI is InChI=1S/C19H23NO2S/c1-2-12-22-14-17-9-7-6-8-16(17)13-20-19(21)15-23-18-10-4-3-5-11-18/h3-11H,2,12-15H2,1H3,(H,20,21). The van der Waals surface area contributed by atoms with Crippen LogP contribution in [-0.2, 0) is 22.7 Å². The lowest BCUT2D eigenvalue weighted by Crippen LogP contribution is -2.25. The number of amides is 1. The average Bonchev–Trinajstić information content (AvgIpc) is 2.60. The number of hydrogen-bond acceptors (Lipinski definition) is 3. The van der Waals surface area contributed by atoms with Gasteiger partial charge in [0.1, 0.15) is 0 Å². The maximum atomic E-state index is 12.0. The van der Waals surface area contributed by atoms with Gasteiger partial charge >= 0.3 is 0 Å². The zero-order valence-corrected chi connectivity index (χ0v) is 14.3. The van der Waals surface area contributed by atoms with E-state index in [-0.39, 0.29) is 5.91 Å². The molecule has 0 aliphatic heterocycles. The predicted octanol–water partition coefficient (Wildman–Crippen LogP) is 4.02. The van der Waals surface area contributed by atoms with Crippen molar-refractivity contribution in [2.45, 2.75) is 31.4 Å². The Morgan fingerprint density at radius 2 is 1.74 bits per heavy atom. The highest BCUT2D eigenvalue weighted by Crippen LogP contribution is 2.16. The summed E-state index contributed by atoms with van der Waals surface area (Å²) < 4.78 is 5.60. The van der Waals surface area contributed by atoms with Gasteiger partial charge in [-0.05, 0) is 29.7 Å². The Hall–Kier alpha value is -1.78. The van der Waals surface area contributed by atoms with Crippen LogP contribution in [0.5, 0.6) is 0 Å². The molecule has 0 bridgehead atoms. The quantitative estimate of drug-likeness (QED) is 0.558. The Labute approximate surface area is 142 Å². The molecule has 2 aromatic carbocycles. The molecular formula is C19H23NO2S. The molecule has 0 fully saturated rings. The van der Waals surface area contributed by atoms with Gasteiger partial charge in [0.2, 0.25) is 5.91 Å². The van der Waals surface area contributed by atoms with Gasteiger partial charge in [0, 0.05) is 18.0 Å². The Kier molecular flexibility index (Phi) is 7.70. The molecule has 0 heterocycles. The van der Waals surface area contributed by atoms with Gasteiger partial charge in [-0.3, -0.25) is 4.79 Å². The molecule has 122 valence electrons. The monoisotopic (exact) mass is 329 g/mol. The summed E-state index contributed by atoms with van der Waals surface area (Å²) in [5.41, 5.74) is 2.25. The molecule has 4 heteroatoms. The van der Waals surface area contributed by atoms with Crippen LogP contribution in [0.15, 0.2) is 59.5 Å². The Morgan fingerprint density at radius 1 is 1.04 bits per heavy atom. The fraction of sp³-hybridized carbons (Fsp3) is 0.316. The van der Waals surface area contributed by atoms with E-state index in [0.717, 1.165) is 29.1 Å². The van der Waals surface area contributed by atoms with Gasteiger partial charge < -0.3 is 10.1 Å². The number of nitrogens with one attached hydrogen (secondary N) is 1. The molecule has 0 aliphatic carbocycles. The highest BCUT2D eigenvalue weighted by molar-refractivity contribution is 8.00. The van der Waals surface area contributed by atoms with E-state index in [0.29, 0.717) is 18.9 Å². The summed E-state index contributed by atoms with van der Waals surface area (Å²) in [5.74, 6) is 0.474. The van der Waals surface area contributed by atoms with Gasteiger partial charge in [0.05, 0.1) is 12.4 Å². The van der Waals surface area contributed by atoms with E-state index in [9.17, 15) is 4.79 Å². The van der Waals surface area contributed by atoms with Crippen LogP contribution in [0.3, 0.4) is 0 Å². The van der Waals surface area contributed by atoms with E-state index in [1.807, 2.05) is 48.5 Å². The van der Waals surface area contributed by atoms with Crippen LogP contribution in [-0.4, -0.2) is 18.3 Å². The second-order valence-corrected chi connectivity index (χ2v) is 6.25. The summed E-state index contributed by atoms with van der Waals surface area (Å²) in [6.07, 6.45) is 1.01. The average molecular weight is 329 g/mol. The number of carbonyl (C=O) groups is 1. The van der Waals surface area contributed by atoms with Gasteiger partial charge in [-0.2, -0.15) is 0 Å². The minimum absolute atomic E-state index is 0.0446. The molecule has 2 aromatic rings. The first-order chi connectivity index (χ1) is 11.3. The fourth-order valence-electron chi connectivity index (χ4n) is 2.11. The summed E-state index contributed by atoms with van der Waals surface area (Å²) in [4.78, 5) is 13.1. The number of rotatable bonds is 9. The first kappa shape index (κ1) is 17.6. The van der Waals surface area contributed by atoms with Crippen LogP contribution in [0.4, 0.5) is 0 Å². The molecule has 0 atom stereocenters. The van der Waals surface area contributed by atoms with Crippen LogP contribution < -0.4 is 5.32 Å². The third-order valence-electron chi connectivity index (χ3n) is 3.31. The fourth-order valence-corrected chi connectivity index (χ4v) is 2.86. The van der Waals surface area contributed by atoms with Crippen LogP contribution in [0, 0.1) is 0 Å².